The number of nitrogens with zero attached hydrogens (tertiary/aromatic N) is 2. The van der Waals surface area contributed by atoms with Crippen LogP contribution in [0.25, 0.3) is 0 Å². The first-order chi connectivity index (χ1) is 13.7. The van der Waals surface area contributed by atoms with Gasteiger partial charge in [-0.2, -0.15) is 0 Å². The average molecular weight is 534 g/mol. The zero-order valence-corrected chi connectivity index (χ0v) is 20.9. The van der Waals surface area contributed by atoms with E-state index in [0.717, 1.165) is 24.8 Å². The number of likely N-dealkylation sites (tertiary alicyclic amines) is 1. The summed E-state index contributed by atoms with van der Waals surface area (Å²) in [6, 6.07) is 5.67. The molecule has 1 amide bonds. The van der Waals surface area contributed by atoms with E-state index in [1.807, 2.05) is 39.0 Å². The summed E-state index contributed by atoms with van der Waals surface area (Å²) >= 11 is 0. The SMILES string of the molecule is COc1ccc(CN=C(N)NCC2CCCCN2C(=O)OC(C)(C)C)cc1OC.I. The van der Waals surface area contributed by atoms with Gasteiger partial charge in [-0.3, -0.25) is 0 Å². The van der Waals surface area contributed by atoms with Crippen LogP contribution in [0.1, 0.15) is 45.6 Å². The standard InChI is InChI=1S/C21H34N4O4.HI/c1-21(2,3)29-20(26)25-11-7-6-8-16(25)14-24-19(22)23-13-15-9-10-17(27-4)18(12-15)28-5;/h9-10,12,16H,6-8,11,13-14H2,1-5H3,(H3,22,23,24);1H. The second kappa shape index (κ2) is 12.1. The molecule has 1 aromatic rings. The van der Waals surface area contributed by atoms with Crippen molar-refractivity contribution in [3.8, 4) is 11.5 Å². The topological polar surface area (TPSA) is 98.4 Å². The number of nitrogens with two attached hydrogens (primary N) is 1. The molecule has 9 heteroatoms. The zero-order valence-electron chi connectivity index (χ0n) is 18.6. The zero-order chi connectivity index (χ0) is 21.4. The van der Waals surface area contributed by atoms with Gasteiger partial charge in [-0.25, -0.2) is 9.79 Å². The van der Waals surface area contributed by atoms with Crippen LogP contribution in [-0.2, 0) is 11.3 Å². The number of guanidine groups is 1. The van der Waals surface area contributed by atoms with Crippen LogP contribution in [-0.4, -0.2) is 55.9 Å². The Morgan fingerprint density at radius 3 is 2.57 bits per heavy atom. The van der Waals surface area contributed by atoms with Gasteiger partial charge in [-0.15, -0.1) is 24.0 Å². The quantitative estimate of drug-likeness (QED) is 0.329. The van der Waals surface area contributed by atoms with Gasteiger partial charge in [0.25, 0.3) is 0 Å². The minimum atomic E-state index is -0.508. The predicted molar refractivity (Wildman–Crippen MR) is 129 cm³/mol. The molecular weight excluding hydrogens is 499 g/mol. The molecule has 30 heavy (non-hydrogen) atoms. The molecule has 1 aliphatic rings. The van der Waals surface area contributed by atoms with Crippen LogP contribution >= 0.6 is 24.0 Å². The van der Waals surface area contributed by atoms with E-state index in [1.54, 1.807) is 19.1 Å². The molecule has 1 saturated heterocycles. The molecule has 0 radical (unpaired) electrons. The first-order valence-electron chi connectivity index (χ1n) is 9.98. The summed E-state index contributed by atoms with van der Waals surface area (Å²) in [5, 5.41) is 3.14. The minimum Gasteiger partial charge on any atom is -0.493 e. The molecule has 1 unspecified atom stereocenters. The van der Waals surface area contributed by atoms with Crippen LogP contribution in [0.2, 0.25) is 0 Å². The molecule has 2 rings (SSSR count). The number of benzene rings is 1. The number of carbonyl (C=O) groups excluding carboxylic acids is 1. The molecule has 0 spiro atoms. The van der Waals surface area contributed by atoms with E-state index in [-0.39, 0.29) is 36.1 Å². The summed E-state index contributed by atoms with van der Waals surface area (Å²) in [7, 11) is 3.20. The van der Waals surface area contributed by atoms with E-state index < -0.39 is 5.60 Å². The molecule has 1 aromatic carbocycles. The van der Waals surface area contributed by atoms with Crippen LogP contribution in [0.4, 0.5) is 4.79 Å². The van der Waals surface area contributed by atoms with Crippen LogP contribution in [0.5, 0.6) is 11.5 Å². The van der Waals surface area contributed by atoms with Crippen LogP contribution in [0.3, 0.4) is 0 Å². The van der Waals surface area contributed by atoms with Crippen LogP contribution in [0.15, 0.2) is 23.2 Å². The number of hydrogen-bond donors (Lipinski definition) is 2. The summed E-state index contributed by atoms with van der Waals surface area (Å²) < 4.78 is 16.1. The molecule has 0 saturated carbocycles. The highest BCUT2D eigenvalue weighted by Crippen LogP contribution is 2.27. The van der Waals surface area contributed by atoms with Crippen molar-refractivity contribution in [1.29, 1.82) is 0 Å². The monoisotopic (exact) mass is 534 g/mol. The van der Waals surface area contributed by atoms with Gasteiger partial charge in [0.1, 0.15) is 5.60 Å². The fourth-order valence-electron chi connectivity index (χ4n) is 3.21. The van der Waals surface area contributed by atoms with Crippen molar-refractivity contribution in [2.24, 2.45) is 10.7 Å². The van der Waals surface area contributed by atoms with Crippen molar-refractivity contribution < 1.29 is 19.0 Å². The van der Waals surface area contributed by atoms with E-state index in [4.69, 9.17) is 19.9 Å². The second-order valence-electron chi connectivity index (χ2n) is 8.10. The van der Waals surface area contributed by atoms with Gasteiger partial charge in [0.15, 0.2) is 17.5 Å². The third-order valence-corrected chi connectivity index (χ3v) is 4.65. The van der Waals surface area contributed by atoms with Gasteiger partial charge >= 0.3 is 6.09 Å². The van der Waals surface area contributed by atoms with E-state index in [1.165, 1.54) is 0 Å². The molecule has 0 aliphatic carbocycles. The first-order valence-corrected chi connectivity index (χ1v) is 9.98. The lowest BCUT2D eigenvalue weighted by Gasteiger charge is -2.36. The van der Waals surface area contributed by atoms with Crippen molar-refractivity contribution >= 4 is 36.0 Å². The van der Waals surface area contributed by atoms with Crippen molar-refractivity contribution in [3.63, 3.8) is 0 Å². The average Bonchev–Trinajstić information content (AvgIpc) is 2.69. The second-order valence-corrected chi connectivity index (χ2v) is 8.10. The van der Waals surface area contributed by atoms with Crippen molar-refractivity contribution in [2.75, 3.05) is 27.3 Å². The molecule has 0 bridgehead atoms. The summed E-state index contributed by atoms with van der Waals surface area (Å²) in [6.07, 6.45) is 2.70. The van der Waals surface area contributed by atoms with Crippen LogP contribution in [0, 0.1) is 0 Å². The van der Waals surface area contributed by atoms with Gasteiger partial charge in [-0.05, 0) is 57.7 Å². The molecule has 0 aromatic heterocycles. The van der Waals surface area contributed by atoms with Gasteiger partial charge in [0.2, 0.25) is 0 Å². The van der Waals surface area contributed by atoms with Crippen molar-refractivity contribution in [2.45, 2.75) is 58.2 Å². The minimum absolute atomic E-state index is 0. The fourth-order valence-corrected chi connectivity index (χ4v) is 3.21. The Morgan fingerprint density at radius 2 is 1.93 bits per heavy atom. The Bertz CT molecular complexity index is 721. The largest absolute Gasteiger partial charge is 0.493 e. The number of halogens is 1. The predicted octanol–water partition coefficient (Wildman–Crippen LogP) is 3.52. The number of hydrogen-bond acceptors (Lipinski definition) is 5. The maximum absolute atomic E-state index is 12.5. The number of amides is 1. The number of ether oxygens (including phenoxy) is 3. The summed E-state index contributed by atoms with van der Waals surface area (Å²) in [6.45, 7) is 7.28. The number of carbonyl (C=O) groups is 1. The number of aliphatic imine (C=N–C) groups is 1. The van der Waals surface area contributed by atoms with Crippen molar-refractivity contribution in [1.82, 2.24) is 10.2 Å². The van der Waals surface area contributed by atoms with E-state index >= 15 is 0 Å². The lowest BCUT2D eigenvalue weighted by molar-refractivity contribution is 0.0104. The molecule has 1 fully saturated rings. The summed E-state index contributed by atoms with van der Waals surface area (Å²) in [5.41, 5.74) is 6.49. The van der Waals surface area contributed by atoms with Gasteiger partial charge < -0.3 is 30.2 Å². The number of nitrogens with one attached hydrogen (secondary N) is 1. The molecule has 1 aliphatic heterocycles. The molecule has 1 heterocycles. The Hall–Kier alpha value is -1.91. The Balaban J connectivity index is 0.00000450. The Morgan fingerprint density at radius 1 is 1.23 bits per heavy atom. The lowest BCUT2D eigenvalue weighted by Crippen LogP contribution is -2.51. The highest BCUT2D eigenvalue weighted by Gasteiger charge is 2.30. The highest BCUT2D eigenvalue weighted by molar-refractivity contribution is 14.0. The fraction of sp³-hybridized carbons (Fsp3) is 0.619. The first kappa shape index (κ1) is 26.1. The maximum atomic E-state index is 12.5. The molecule has 170 valence electrons. The number of methoxy groups -OCH3 is 2. The molecule has 3 N–H and O–H groups in total. The summed E-state index contributed by atoms with van der Waals surface area (Å²) in [5.74, 6) is 1.67. The van der Waals surface area contributed by atoms with Gasteiger partial charge in [0, 0.05) is 13.1 Å². The third kappa shape index (κ3) is 8.08. The molecular formula is C21H35IN4O4. The Kier molecular flexibility index (Phi) is 10.5. The highest BCUT2D eigenvalue weighted by atomic mass is 127. The van der Waals surface area contributed by atoms with Gasteiger partial charge in [0.05, 0.1) is 26.8 Å². The lowest BCUT2D eigenvalue weighted by atomic mass is 10.0. The summed E-state index contributed by atoms with van der Waals surface area (Å²) in [4.78, 5) is 18.7. The van der Waals surface area contributed by atoms with E-state index in [0.29, 0.717) is 37.1 Å². The van der Waals surface area contributed by atoms with Gasteiger partial charge in [-0.1, -0.05) is 6.07 Å². The Labute approximate surface area is 196 Å². The molecule has 8 nitrogen and oxygen atoms in total. The van der Waals surface area contributed by atoms with E-state index in [9.17, 15) is 4.79 Å². The molecule has 1 atom stereocenters. The van der Waals surface area contributed by atoms with Crippen molar-refractivity contribution in [3.05, 3.63) is 23.8 Å². The number of piperidine rings is 1. The van der Waals surface area contributed by atoms with E-state index in [2.05, 4.69) is 10.3 Å². The third-order valence-electron chi connectivity index (χ3n) is 4.65. The normalized spacial score (nSPS) is 17.0. The van der Waals surface area contributed by atoms with Crippen LogP contribution < -0.4 is 20.5 Å². The number of rotatable bonds is 6. The smallest absolute Gasteiger partial charge is 0.410 e. The maximum Gasteiger partial charge on any atom is 0.410 e.